The molecule has 7 heteroatoms. The standard InChI is InChI=1S/C25H20N4O3/c1-3-32-25(31)23-18(15-29(28-23)19-9-5-4-6-10-19)13-17(14-26)24(30)22-16(2)27-21-12-8-7-11-20(21)22/h4-13,15,27H,3H2,1-2H3/b17-13-. The molecule has 158 valence electrons. The fraction of sp³-hybridized carbons (Fsp3) is 0.120. The van der Waals surface area contributed by atoms with Gasteiger partial charge >= 0.3 is 5.97 Å². The summed E-state index contributed by atoms with van der Waals surface area (Å²) in [5, 5.41) is 14.9. The third-order valence-corrected chi connectivity index (χ3v) is 5.02. The van der Waals surface area contributed by atoms with Crippen LogP contribution in [0, 0.1) is 18.3 Å². The topological polar surface area (TPSA) is 101 Å². The summed E-state index contributed by atoms with van der Waals surface area (Å²) in [6.45, 7) is 3.67. The van der Waals surface area contributed by atoms with E-state index in [1.54, 1.807) is 20.0 Å². The van der Waals surface area contributed by atoms with E-state index in [9.17, 15) is 14.9 Å². The third kappa shape index (κ3) is 3.82. The maximum atomic E-state index is 13.3. The van der Waals surface area contributed by atoms with Crippen molar-refractivity contribution in [1.29, 1.82) is 5.26 Å². The zero-order valence-corrected chi connectivity index (χ0v) is 17.6. The van der Waals surface area contributed by atoms with E-state index < -0.39 is 11.8 Å². The molecule has 4 rings (SSSR count). The number of Topliss-reactive ketones (excluding diaryl/α,β-unsaturated/α-hetero) is 1. The summed E-state index contributed by atoms with van der Waals surface area (Å²) >= 11 is 0. The molecule has 0 fully saturated rings. The number of nitrogens with one attached hydrogen (secondary N) is 1. The number of nitriles is 1. The smallest absolute Gasteiger partial charge is 0.359 e. The van der Waals surface area contributed by atoms with E-state index in [-0.39, 0.29) is 17.9 Å². The Balaban J connectivity index is 1.82. The number of para-hydroxylation sites is 2. The Bertz CT molecular complexity index is 1390. The minimum Gasteiger partial charge on any atom is -0.461 e. The minimum absolute atomic E-state index is 0.0342. The molecule has 0 unspecified atom stereocenters. The molecule has 0 atom stereocenters. The second-order valence-electron chi connectivity index (χ2n) is 7.10. The Hall–Kier alpha value is -4.44. The first-order valence-electron chi connectivity index (χ1n) is 10.1. The third-order valence-electron chi connectivity index (χ3n) is 5.02. The summed E-state index contributed by atoms with van der Waals surface area (Å²) in [5.41, 5.74) is 2.91. The number of hydrogen-bond donors (Lipinski definition) is 1. The number of benzene rings is 2. The maximum Gasteiger partial charge on any atom is 0.359 e. The van der Waals surface area contributed by atoms with Gasteiger partial charge in [0.15, 0.2) is 5.69 Å². The molecule has 0 saturated heterocycles. The summed E-state index contributed by atoms with van der Waals surface area (Å²) in [6.07, 6.45) is 3.00. The van der Waals surface area contributed by atoms with Crippen molar-refractivity contribution in [3.05, 3.63) is 88.9 Å². The number of hydrogen-bond acceptors (Lipinski definition) is 5. The van der Waals surface area contributed by atoms with Crippen LogP contribution in [0.4, 0.5) is 0 Å². The number of rotatable bonds is 6. The average molecular weight is 424 g/mol. The van der Waals surface area contributed by atoms with E-state index in [4.69, 9.17) is 4.74 Å². The number of carbonyl (C=O) groups excluding carboxylic acids is 2. The first kappa shape index (κ1) is 20.8. The number of aromatic nitrogens is 3. The van der Waals surface area contributed by atoms with E-state index in [1.165, 1.54) is 10.8 Å². The predicted octanol–water partition coefficient (Wildman–Crippen LogP) is 4.63. The van der Waals surface area contributed by atoms with Gasteiger partial charge in [0.05, 0.1) is 17.9 Å². The number of ketones is 1. The molecule has 0 aliphatic rings. The number of fused-ring (bicyclic) bond motifs is 1. The molecule has 2 aromatic carbocycles. The number of nitrogens with zero attached hydrogens (tertiary/aromatic N) is 3. The van der Waals surface area contributed by atoms with Crippen LogP contribution in [0.1, 0.15) is 39.0 Å². The SMILES string of the molecule is CCOC(=O)c1nn(-c2ccccc2)cc1/C=C(/C#N)C(=O)c1c(C)[nH]c2ccccc12. The Kier molecular flexibility index (Phi) is 5.69. The second-order valence-corrected chi connectivity index (χ2v) is 7.10. The molecule has 0 aliphatic heterocycles. The lowest BCUT2D eigenvalue weighted by Crippen LogP contribution is -2.08. The zero-order valence-electron chi connectivity index (χ0n) is 17.6. The van der Waals surface area contributed by atoms with Gasteiger partial charge in [-0.1, -0.05) is 36.4 Å². The molecule has 0 bridgehead atoms. The lowest BCUT2D eigenvalue weighted by Gasteiger charge is -2.01. The van der Waals surface area contributed by atoms with Gasteiger partial charge in [-0.25, -0.2) is 9.48 Å². The number of aryl methyl sites for hydroxylation is 1. The zero-order chi connectivity index (χ0) is 22.7. The first-order valence-corrected chi connectivity index (χ1v) is 10.1. The van der Waals surface area contributed by atoms with Crippen LogP contribution in [-0.4, -0.2) is 33.1 Å². The Morgan fingerprint density at radius 3 is 2.59 bits per heavy atom. The summed E-state index contributed by atoms with van der Waals surface area (Å²) in [5.74, 6) is -1.05. The molecule has 1 N–H and O–H groups in total. The van der Waals surface area contributed by atoms with E-state index in [2.05, 4.69) is 10.1 Å². The van der Waals surface area contributed by atoms with Crippen molar-refractivity contribution in [2.24, 2.45) is 0 Å². The second kappa shape index (κ2) is 8.74. The predicted molar refractivity (Wildman–Crippen MR) is 120 cm³/mol. The van der Waals surface area contributed by atoms with Crippen molar-refractivity contribution >= 4 is 28.7 Å². The fourth-order valence-corrected chi connectivity index (χ4v) is 3.57. The number of esters is 1. The molecule has 0 amide bonds. The van der Waals surface area contributed by atoms with Crippen LogP contribution in [0.2, 0.25) is 0 Å². The van der Waals surface area contributed by atoms with Crippen molar-refractivity contribution in [2.75, 3.05) is 6.61 Å². The van der Waals surface area contributed by atoms with E-state index in [1.807, 2.05) is 60.7 Å². The van der Waals surface area contributed by atoms with Crippen molar-refractivity contribution in [3.8, 4) is 11.8 Å². The molecule has 7 nitrogen and oxygen atoms in total. The summed E-state index contributed by atoms with van der Waals surface area (Å²) in [6, 6.07) is 18.6. The molecule has 0 spiro atoms. The Morgan fingerprint density at radius 2 is 1.88 bits per heavy atom. The highest BCUT2D eigenvalue weighted by Gasteiger charge is 2.23. The van der Waals surface area contributed by atoms with Gasteiger partial charge in [0.2, 0.25) is 5.78 Å². The van der Waals surface area contributed by atoms with Crippen LogP contribution in [0.25, 0.3) is 22.7 Å². The van der Waals surface area contributed by atoms with Crippen LogP contribution in [0.3, 0.4) is 0 Å². The quantitative estimate of drug-likeness (QED) is 0.210. The van der Waals surface area contributed by atoms with Gasteiger partial charge in [0.1, 0.15) is 11.6 Å². The van der Waals surface area contributed by atoms with E-state index >= 15 is 0 Å². The van der Waals surface area contributed by atoms with Gasteiger partial charge in [0.25, 0.3) is 0 Å². The van der Waals surface area contributed by atoms with Gasteiger partial charge in [-0.15, -0.1) is 0 Å². The fourth-order valence-electron chi connectivity index (χ4n) is 3.57. The van der Waals surface area contributed by atoms with Crippen molar-refractivity contribution in [2.45, 2.75) is 13.8 Å². The van der Waals surface area contributed by atoms with Gasteiger partial charge in [-0.05, 0) is 38.1 Å². The van der Waals surface area contributed by atoms with Crippen LogP contribution >= 0.6 is 0 Å². The van der Waals surface area contributed by atoms with Gasteiger partial charge < -0.3 is 9.72 Å². The van der Waals surface area contributed by atoms with Crippen molar-refractivity contribution < 1.29 is 14.3 Å². The highest BCUT2D eigenvalue weighted by atomic mass is 16.5. The van der Waals surface area contributed by atoms with Crippen LogP contribution in [-0.2, 0) is 4.74 Å². The van der Waals surface area contributed by atoms with Crippen molar-refractivity contribution in [1.82, 2.24) is 14.8 Å². The van der Waals surface area contributed by atoms with Gasteiger partial charge in [-0.2, -0.15) is 10.4 Å². The number of allylic oxidation sites excluding steroid dienone is 1. The molecular formula is C25H20N4O3. The summed E-state index contributed by atoms with van der Waals surface area (Å²) < 4.78 is 6.65. The average Bonchev–Trinajstić information content (AvgIpc) is 3.38. The van der Waals surface area contributed by atoms with Crippen LogP contribution in [0.15, 0.2) is 66.4 Å². The van der Waals surface area contributed by atoms with Gasteiger partial charge in [0, 0.05) is 28.4 Å². The molecule has 2 aromatic heterocycles. The molecule has 0 radical (unpaired) electrons. The molecule has 4 aromatic rings. The summed E-state index contributed by atoms with van der Waals surface area (Å²) in [7, 11) is 0. The number of aromatic amines is 1. The van der Waals surface area contributed by atoms with Gasteiger partial charge in [-0.3, -0.25) is 4.79 Å². The highest BCUT2D eigenvalue weighted by molar-refractivity contribution is 6.21. The maximum absolute atomic E-state index is 13.3. The van der Waals surface area contributed by atoms with Crippen molar-refractivity contribution in [3.63, 3.8) is 0 Å². The largest absolute Gasteiger partial charge is 0.461 e. The molecule has 0 saturated carbocycles. The lowest BCUT2D eigenvalue weighted by molar-refractivity contribution is 0.0518. The number of H-pyrrole nitrogens is 1. The van der Waals surface area contributed by atoms with E-state index in [0.29, 0.717) is 16.8 Å². The lowest BCUT2D eigenvalue weighted by atomic mass is 9.99. The molecular weight excluding hydrogens is 404 g/mol. The molecule has 0 aliphatic carbocycles. The molecule has 2 heterocycles. The first-order chi connectivity index (χ1) is 15.5. The monoisotopic (exact) mass is 424 g/mol. The Morgan fingerprint density at radius 1 is 1.16 bits per heavy atom. The van der Waals surface area contributed by atoms with E-state index in [0.717, 1.165) is 16.6 Å². The Labute approximate surface area is 184 Å². The summed E-state index contributed by atoms with van der Waals surface area (Å²) in [4.78, 5) is 29.0. The van der Waals surface area contributed by atoms with Crippen LogP contribution in [0.5, 0.6) is 0 Å². The minimum atomic E-state index is -0.624. The van der Waals surface area contributed by atoms with Crippen LogP contribution < -0.4 is 0 Å². The molecule has 32 heavy (non-hydrogen) atoms. The normalized spacial score (nSPS) is 11.3. The highest BCUT2D eigenvalue weighted by Crippen LogP contribution is 2.26. The number of carbonyl (C=O) groups is 2. The number of ether oxygens (including phenoxy) is 1.